The highest BCUT2D eigenvalue weighted by molar-refractivity contribution is 7.80. The standard InChI is InChI=1S/C13H25N3S/c1-9(2)14-12(17)16-15-11-6-10(3)7-13(4,5)8-11/h8-10,15H,6-7H2,1-5H3,(H2,14,16,17)/t10-/m1/s1. The smallest absolute Gasteiger partial charge is 0.185 e. The highest BCUT2D eigenvalue weighted by atomic mass is 32.1. The van der Waals surface area contributed by atoms with Gasteiger partial charge in [-0.15, -0.1) is 0 Å². The van der Waals surface area contributed by atoms with Crippen LogP contribution in [-0.4, -0.2) is 11.2 Å². The summed E-state index contributed by atoms with van der Waals surface area (Å²) in [4.78, 5) is 0. The summed E-state index contributed by atoms with van der Waals surface area (Å²) in [5.41, 5.74) is 7.77. The maximum atomic E-state index is 5.17. The van der Waals surface area contributed by atoms with E-state index in [4.69, 9.17) is 12.2 Å². The predicted molar refractivity (Wildman–Crippen MR) is 77.4 cm³/mol. The van der Waals surface area contributed by atoms with Crippen LogP contribution in [0.5, 0.6) is 0 Å². The van der Waals surface area contributed by atoms with Crippen molar-refractivity contribution in [3.63, 3.8) is 0 Å². The van der Waals surface area contributed by atoms with E-state index >= 15 is 0 Å². The van der Waals surface area contributed by atoms with Gasteiger partial charge in [-0.2, -0.15) is 0 Å². The van der Waals surface area contributed by atoms with Gasteiger partial charge in [-0.25, -0.2) is 0 Å². The Hall–Kier alpha value is -0.770. The van der Waals surface area contributed by atoms with Gasteiger partial charge in [0.15, 0.2) is 5.11 Å². The third kappa shape index (κ3) is 5.39. The largest absolute Gasteiger partial charge is 0.359 e. The molecular formula is C13H25N3S. The average molecular weight is 255 g/mol. The Bertz CT molecular complexity index is 308. The maximum Gasteiger partial charge on any atom is 0.185 e. The molecule has 3 nitrogen and oxygen atoms in total. The fraction of sp³-hybridized carbons (Fsp3) is 0.769. The molecule has 1 rings (SSSR count). The zero-order valence-corrected chi connectivity index (χ0v) is 12.4. The van der Waals surface area contributed by atoms with E-state index < -0.39 is 0 Å². The summed E-state index contributed by atoms with van der Waals surface area (Å²) in [7, 11) is 0. The minimum absolute atomic E-state index is 0.273. The van der Waals surface area contributed by atoms with Crippen LogP contribution in [0.4, 0.5) is 0 Å². The first-order valence-electron chi connectivity index (χ1n) is 6.33. The van der Waals surface area contributed by atoms with E-state index in [1.807, 2.05) is 0 Å². The predicted octanol–water partition coefficient (Wildman–Crippen LogP) is 2.70. The van der Waals surface area contributed by atoms with Crippen molar-refractivity contribution in [1.29, 1.82) is 0 Å². The lowest BCUT2D eigenvalue weighted by Crippen LogP contribution is -2.46. The highest BCUT2D eigenvalue weighted by Gasteiger charge is 2.25. The van der Waals surface area contributed by atoms with Crippen LogP contribution >= 0.6 is 12.2 Å². The number of hydrogen-bond donors (Lipinski definition) is 3. The SMILES string of the molecule is CC(C)NC(=S)NNC1=CC(C)(C)C[C@H](C)C1. The summed E-state index contributed by atoms with van der Waals surface area (Å²) in [5.74, 6) is 0.714. The first-order chi connectivity index (χ1) is 7.78. The maximum absolute atomic E-state index is 5.17. The van der Waals surface area contributed by atoms with E-state index in [0.717, 1.165) is 6.42 Å². The summed E-state index contributed by atoms with van der Waals surface area (Å²) in [5, 5.41) is 3.79. The van der Waals surface area contributed by atoms with E-state index in [1.54, 1.807) is 0 Å². The lowest BCUT2D eigenvalue weighted by atomic mass is 9.76. The van der Waals surface area contributed by atoms with Crippen molar-refractivity contribution in [1.82, 2.24) is 16.2 Å². The molecule has 1 atom stereocenters. The van der Waals surface area contributed by atoms with Gasteiger partial charge in [0.1, 0.15) is 0 Å². The van der Waals surface area contributed by atoms with E-state index in [9.17, 15) is 0 Å². The number of nitrogens with one attached hydrogen (secondary N) is 3. The Morgan fingerprint density at radius 1 is 1.47 bits per heavy atom. The summed E-state index contributed by atoms with van der Waals surface area (Å²) < 4.78 is 0. The second-order valence-corrected chi connectivity index (χ2v) is 6.46. The van der Waals surface area contributed by atoms with Gasteiger partial charge in [0, 0.05) is 11.7 Å². The van der Waals surface area contributed by atoms with Gasteiger partial charge in [-0.05, 0) is 50.2 Å². The third-order valence-corrected chi connectivity index (χ3v) is 2.98. The molecule has 0 aliphatic heterocycles. The minimum atomic E-state index is 0.273. The van der Waals surface area contributed by atoms with E-state index in [-0.39, 0.29) is 5.41 Å². The minimum Gasteiger partial charge on any atom is -0.359 e. The lowest BCUT2D eigenvalue weighted by molar-refractivity contribution is 0.313. The summed E-state index contributed by atoms with van der Waals surface area (Å²) in [6.07, 6.45) is 4.63. The highest BCUT2D eigenvalue weighted by Crippen LogP contribution is 2.35. The van der Waals surface area contributed by atoms with Crippen LogP contribution in [0, 0.1) is 11.3 Å². The number of allylic oxidation sites excluding steroid dienone is 2. The molecule has 0 fully saturated rings. The average Bonchev–Trinajstić information content (AvgIpc) is 2.10. The Morgan fingerprint density at radius 2 is 2.12 bits per heavy atom. The number of thiocarbonyl (C=S) groups is 1. The summed E-state index contributed by atoms with van der Waals surface area (Å²) in [6, 6.07) is 0.354. The van der Waals surface area contributed by atoms with Gasteiger partial charge >= 0.3 is 0 Å². The topological polar surface area (TPSA) is 36.1 Å². The molecular weight excluding hydrogens is 230 g/mol. The fourth-order valence-corrected chi connectivity index (χ4v) is 2.74. The first-order valence-corrected chi connectivity index (χ1v) is 6.73. The molecule has 0 aromatic heterocycles. The molecule has 0 aromatic carbocycles. The molecule has 1 aliphatic carbocycles. The molecule has 0 spiro atoms. The number of rotatable bonds is 3. The summed E-state index contributed by atoms with van der Waals surface area (Å²) >= 11 is 5.17. The van der Waals surface area contributed by atoms with Crippen molar-refractivity contribution < 1.29 is 0 Å². The second-order valence-electron chi connectivity index (χ2n) is 6.05. The van der Waals surface area contributed by atoms with E-state index in [0.29, 0.717) is 17.1 Å². The van der Waals surface area contributed by atoms with Crippen LogP contribution in [0.1, 0.15) is 47.5 Å². The zero-order chi connectivity index (χ0) is 13.1. The second kappa shape index (κ2) is 5.71. The van der Waals surface area contributed by atoms with Crippen molar-refractivity contribution in [3.8, 4) is 0 Å². The van der Waals surface area contributed by atoms with Crippen LogP contribution in [0.25, 0.3) is 0 Å². The van der Waals surface area contributed by atoms with Gasteiger partial charge in [-0.1, -0.05) is 26.8 Å². The molecule has 0 saturated heterocycles. The van der Waals surface area contributed by atoms with E-state index in [1.165, 1.54) is 12.1 Å². The van der Waals surface area contributed by atoms with Crippen LogP contribution in [0.2, 0.25) is 0 Å². The Balaban J connectivity index is 2.46. The molecule has 0 radical (unpaired) electrons. The molecule has 3 N–H and O–H groups in total. The molecule has 0 saturated carbocycles. The van der Waals surface area contributed by atoms with Gasteiger partial charge in [0.25, 0.3) is 0 Å². The van der Waals surface area contributed by atoms with Crippen LogP contribution < -0.4 is 16.2 Å². The van der Waals surface area contributed by atoms with Crippen LogP contribution in [0.15, 0.2) is 11.8 Å². The molecule has 1 aliphatic rings. The van der Waals surface area contributed by atoms with Gasteiger partial charge in [0.05, 0.1) is 0 Å². The molecule has 98 valence electrons. The van der Waals surface area contributed by atoms with Crippen molar-refractivity contribution in [2.24, 2.45) is 11.3 Å². The number of hydrazine groups is 1. The molecule has 0 amide bonds. The molecule has 0 heterocycles. The molecule has 0 bridgehead atoms. The van der Waals surface area contributed by atoms with Gasteiger partial charge < -0.3 is 10.7 Å². The van der Waals surface area contributed by atoms with Crippen LogP contribution in [-0.2, 0) is 0 Å². The Morgan fingerprint density at radius 3 is 2.65 bits per heavy atom. The molecule has 17 heavy (non-hydrogen) atoms. The molecule has 0 aromatic rings. The van der Waals surface area contributed by atoms with Crippen molar-refractivity contribution >= 4 is 17.3 Å². The normalized spacial score (nSPS) is 22.9. The third-order valence-electron chi connectivity index (χ3n) is 2.76. The van der Waals surface area contributed by atoms with E-state index in [2.05, 4.69) is 56.9 Å². The molecule has 0 unspecified atom stereocenters. The fourth-order valence-electron chi connectivity index (χ4n) is 2.46. The number of hydrogen-bond acceptors (Lipinski definition) is 2. The lowest BCUT2D eigenvalue weighted by Gasteiger charge is -2.32. The van der Waals surface area contributed by atoms with Crippen LogP contribution in [0.3, 0.4) is 0 Å². The quantitative estimate of drug-likeness (QED) is 0.535. The zero-order valence-electron chi connectivity index (χ0n) is 11.6. The Labute approximate surface area is 110 Å². The summed E-state index contributed by atoms with van der Waals surface area (Å²) in [6.45, 7) is 11.0. The van der Waals surface area contributed by atoms with Crippen molar-refractivity contribution in [2.75, 3.05) is 0 Å². The van der Waals surface area contributed by atoms with Gasteiger partial charge in [0.2, 0.25) is 0 Å². The Kier molecular flexibility index (Phi) is 4.80. The van der Waals surface area contributed by atoms with Gasteiger partial charge in [-0.3, -0.25) is 5.43 Å². The first kappa shape index (κ1) is 14.3. The van der Waals surface area contributed by atoms with Crippen molar-refractivity contribution in [2.45, 2.75) is 53.5 Å². The molecule has 4 heteroatoms. The monoisotopic (exact) mass is 255 g/mol. The van der Waals surface area contributed by atoms with Crippen molar-refractivity contribution in [3.05, 3.63) is 11.8 Å².